The van der Waals surface area contributed by atoms with Crippen molar-refractivity contribution in [2.45, 2.75) is 30.5 Å². The molecule has 0 aromatic carbocycles. The van der Waals surface area contributed by atoms with E-state index in [0.29, 0.717) is 0 Å². The van der Waals surface area contributed by atoms with Crippen molar-refractivity contribution in [1.29, 1.82) is 0 Å². The Kier molecular flexibility index (Phi) is 4.43. The molecule has 1 aliphatic rings. The number of ether oxygens (including phenoxy) is 1. The fourth-order valence-electron chi connectivity index (χ4n) is 1.47. The maximum absolute atomic E-state index is 10.7. The van der Waals surface area contributed by atoms with Gasteiger partial charge in [-0.1, -0.05) is 0 Å². The smallest absolute Gasteiger partial charge is 0.370 e. The van der Waals surface area contributed by atoms with Crippen LogP contribution in [0.5, 0.6) is 0 Å². The highest BCUT2D eigenvalue weighted by atomic mass is 16.5. The largest absolute Gasteiger partial charge is 0.479 e. The number of nitrogens with two attached hydrogens (primary N) is 1. The van der Waals surface area contributed by atoms with Gasteiger partial charge in [-0.3, -0.25) is 0 Å². The van der Waals surface area contributed by atoms with Crippen LogP contribution in [0, 0.1) is 0 Å². The molecule has 0 spiro atoms. The van der Waals surface area contributed by atoms with E-state index in [1.807, 2.05) is 0 Å². The van der Waals surface area contributed by atoms with Gasteiger partial charge in [-0.25, -0.2) is 4.79 Å². The summed E-state index contributed by atoms with van der Waals surface area (Å²) in [5.41, 5.74) is 5.51. The summed E-state index contributed by atoms with van der Waals surface area (Å²) in [6.07, 6.45) is -4.87. The first kappa shape index (κ1) is 13.9. The second-order valence-corrected chi connectivity index (χ2v) is 3.73. The van der Waals surface area contributed by atoms with Crippen LogP contribution in [-0.2, 0) is 9.53 Å². The van der Waals surface area contributed by atoms with Crippen LogP contribution < -0.4 is 5.73 Å². The van der Waals surface area contributed by atoms with Gasteiger partial charge in [0.2, 0.25) is 5.76 Å². The van der Waals surface area contributed by atoms with Gasteiger partial charge in [-0.05, 0) is 6.08 Å². The molecule has 0 radical (unpaired) electrons. The summed E-state index contributed by atoms with van der Waals surface area (Å²) >= 11 is 0. The predicted molar refractivity (Wildman–Crippen MR) is 53.7 cm³/mol. The summed E-state index contributed by atoms with van der Waals surface area (Å²) in [7, 11) is 0. The lowest BCUT2D eigenvalue weighted by molar-refractivity contribution is -0.146. The van der Waals surface area contributed by atoms with E-state index in [9.17, 15) is 20.1 Å². The van der Waals surface area contributed by atoms with Crippen LogP contribution in [-0.4, -0.2) is 68.6 Å². The summed E-state index contributed by atoms with van der Waals surface area (Å²) < 4.78 is 4.87. The van der Waals surface area contributed by atoms with Gasteiger partial charge in [0.1, 0.15) is 18.3 Å². The first-order chi connectivity index (χ1) is 7.88. The van der Waals surface area contributed by atoms with Gasteiger partial charge in [0.05, 0.1) is 18.8 Å². The molecule has 0 bridgehead atoms. The van der Waals surface area contributed by atoms with Crippen LogP contribution in [0.25, 0.3) is 0 Å². The maximum atomic E-state index is 10.7. The normalized spacial score (nSPS) is 32.3. The third-order valence-corrected chi connectivity index (χ3v) is 2.49. The number of hydrogen-bond acceptors (Lipinski definition) is 7. The first-order valence-corrected chi connectivity index (χ1v) is 4.91. The molecule has 0 saturated carbocycles. The Balaban J connectivity index is 2.87. The summed E-state index contributed by atoms with van der Waals surface area (Å²) in [6, 6.07) is -1.10. The molecule has 0 fully saturated rings. The highest BCUT2D eigenvalue weighted by Gasteiger charge is 2.40. The Bertz CT molecular complexity index is 318. The summed E-state index contributed by atoms with van der Waals surface area (Å²) in [4.78, 5) is 10.7. The van der Waals surface area contributed by atoms with Crippen LogP contribution in [0.2, 0.25) is 0 Å². The standard InChI is InChI=1S/C9H15NO7/c10-6-3(12)1-5(9(15)16)17-8(6)7(14)4(13)2-11/h1,3-4,6-8,11-14H,2,10H2,(H,15,16)/t3?,4-,6-,7-,8?/m1/s1. The quantitative estimate of drug-likeness (QED) is 0.304. The Labute approximate surface area is 96.5 Å². The number of carboxylic acids is 1. The van der Waals surface area contributed by atoms with E-state index < -0.39 is 48.8 Å². The Morgan fingerprint density at radius 2 is 2.12 bits per heavy atom. The van der Waals surface area contributed by atoms with Crippen LogP contribution in [0.15, 0.2) is 11.8 Å². The van der Waals surface area contributed by atoms with E-state index in [2.05, 4.69) is 0 Å². The summed E-state index contributed by atoms with van der Waals surface area (Å²) in [6.45, 7) is -0.740. The average molecular weight is 249 g/mol. The average Bonchev–Trinajstić information content (AvgIpc) is 2.30. The molecule has 5 atom stereocenters. The van der Waals surface area contributed by atoms with Gasteiger partial charge in [-0.2, -0.15) is 0 Å². The lowest BCUT2D eigenvalue weighted by atomic mass is 9.95. The monoisotopic (exact) mass is 249 g/mol. The van der Waals surface area contributed by atoms with Crippen LogP contribution in [0.3, 0.4) is 0 Å². The van der Waals surface area contributed by atoms with Crippen molar-refractivity contribution in [2.75, 3.05) is 6.61 Å². The van der Waals surface area contributed by atoms with Crippen LogP contribution in [0.4, 0.5) is 0 Å². The van der Waals surface area contributed by atoms with Gasteiger partial charge in [0.25, 0.3) is 0 Å². The molecule has 1 rings (SSSR count). The molecular weight excluding hydrogens is 234 g/mol. The minimum Gasteiger partial charge on any atom is -0.479 e. The second kappa shape index (κ2) is 5.43. The van der Waals surface area contributed by atoms with Gasteiger partial charge in [-0.15, -0.1) is 0 Å². The number of aliphatic carboxylic acids is 1. The molecule has 0 saturated heterocycles. The summed E-state index contributed by atoms with van der Waals surface area (Å²) in [5.74, 6) is -1.99. The van der Waals surface area contributed by atoms with E-state index in [-0.39, 0.29) is 0 Å². The molecule has 0 aromatic rings. The van der Waals surface area contributed by atoms with Crippen LogP contribution >= 0.6 is 0 Å². The second-order valence-electron chi connectivity index (χ2n) is 3.73. The van der Waals surface area contributed by atoms with E-state index in [0.717, 1.165) is 6.08 Å². The van der Waals surface area contributed by atoms with E-state index in [1.54, 1.807) is 0 Å². The third-order valence-electron chi connectivity index (χ3n) is 2.49. The fourth-order valence-corrected chi connectivity index (χ4v) is 1.47. The van der Waals surface area contributed by atoms with E-state index >= 15 is 0 Å². The Morgan fingerprint density at radius 1 is 1.53 bits per heavy atom. The van der Waals surface area contributed by atoms with E-state index in [4.69, 9.17) is 20.7 Å². The molecule has 1 heterocycles. The molecule has 98 valence electrons. The Morgan fingerprint density at radius 3 is 2.59 bits per heavy atom. The SMILES string of the molecule is N[C@@H]1C(O)C=C(C(=O)O)OC1[C@H](O)[C@H](O)CO. The molecule has 8 heteroatoms. The number of carboxylic acid groups (broad SMARTS) is 1. The maximum Gasteiger partial charge on any atom is 0.370 e. The van der Waals surface area contributed by atoms with Gasteiger partial charge < -0.3 is 36.0 Å². The van der Waals surface area contributed by atoms with Crippen molar-refractivity contribution in [3.05, 3.63) is 11.8 Å². The third kappa shape index (κ3) is 2.93. The molecule has 1 aliphatic heterocycles. The van der Waals surface area contributed by atoms with Crippen molar-refractivity contribution in [1.82, 2.24) is 0 Å². The molecule has 2 unspecified atom stereocenters. The zero-order chi connectivity index (χ0) is 13.2. The minimum absolute atomic E-state index is 0.562. The molecule has 0 aromatic heterocycles. The highest BCUT2D eigenvalue weighted by molar-refractivity contribution is 5.84. The topological polar surface area (TPSA) is 153 Å². The highest BCUT2D eigenvalue weighted by Crippen LogP contribution is 2.21. The predicted octanol–water partition coefficient (Wildman–Crippen LogP) is -3.24. The zero-order valence-corrected chi connectivity index (χ0v) is 8.80. The molecular formula is C9H15NO7. The molecule has 0 aliphatic carbocycles. The van der Waals surface area contributed by atoms with Gasteiger partial charge in [0.15, 0.2) is 0 Å². The van der Waals surface area contributed by atoms with Crippen molar-refractivity contribution in [3.8, 4) is 0 Å². The van der Waals surface area contributed by atoms with Crippen LogP contribution in [0.1, 0.15) is 0 Å². The fraction of sp³-hybridized carbons (Fsp3) is 0.667. The lowest BCUT2D eigenvalue weighted by Crippen LogP contribution is -2.57. The number of rotatable bonds is 4. The minimum atomic E-state index is -1.60. The van der Waals surface area contributed by atoms with Crippen molar-refractivity contribution in [3.63, 3.8) is 0 Å². The van der Waals surface area contributed by atoms with Gasteiger partial charge in [0, 0.05) is 0 Å². The number of hydrogen-bond donors (Lipinski definition) is 6. The van der Waals surface area contributed by atoms with Gasteiger partial charge >= 0.3 is 5.97 Å². The van der Waals surface area contributed by atoms with E-state index in [1.165, 1.54) is 0 Å². The molecule has 8 nitrogen and oxygen atoms in total. The van der Waals surface area contributed by atoms with Crippen molar-refractivity contribution < 1.29 is 35.1 Å². The molecule has 0 amide bonds. The van der Waals surface area contributed by atoms with Crippen molar-refractivity contribution >= 4 is 5.97 Å². The summed E-state index contributed by atoms with van der Waals surface area (Å²) in [5, 5.41) is 45.6. The molecule has 7 N–H and O–H groups in total. The molecule has 17 heavy (non-hydrogen) atoms. The first-order valence-electron chi connectivity index (χ1n) is 4.91. The number of carbonyl (C=O) groups is 1. The van der Waals surface area contributed by atoms with Crippen molar-refractivity contribution in [2.24, 2.45) is 5.73 Å². The zero-order valence-electron chi connectivity index (χ0n) is 8.80. The number of aliphatic hydroxyl groups excluding tert-OH is 4. The number of aliphatic hydroxyl groups is 4. The Hall–Kier alpha value is -1.19. The lowest BCUT2D eigenvalue weighted by Gasteiger charge is -2.35.